The van der Waals surface area contributed by atoms with E-state index < -0.39 is 0 Å². The second kappa shape index (κ2) is 7.37. The van der Waals surface area contributed by atoms with Gasteiger partial charge in [-0.05, 0) is 19.3 Å². The molecule has 0 rings (SSSR count). The molecule has 0 aromatic heterocycles. The fourth-order valence-corrected chi connectivity index (χ4v) is 1.85. The van der Waals surface area contributed by atoms with Gasteiger partial charge in [0, 0.05) is 0 Å². The van der Waals surface area contributed by atoms with Crippen molar-refractivity contribution < 1.29 is 5.11 Å². The van der Waals surface area contributed by atoms with E-state index in [2.05, 4.69) is 20.8 Å². The molecule has 0 atom stereocenters. The smallest absolute Gasteiger partial charge is 0.0647 e. The molecule has 0 unspecified atom stereocenters. The van der Waals surface area contributed by atoms with E-state index in [1.54, 1.807) is 0 Å². The van der Waals surface area contributed by atoms with E-state index in [1.165, 1.54) is 25.7 Å². The first-order valence-electron chi connectivity index (χ1n) is 5.91. The van der Waals surface area contributed by atoms with Crippen LogP contribution < -0.4 is 0 Å². The lowest BCUT2D eigenvalue weighted by Crippen LogP contribution is -2.28. The molecule has 0 aliphatic carbocycles. The Balaban J connectivity index is 3.84. The predicted octanol–water partition coefficient (Wildman–Crippen LogP) is 3.90. The van der Waals surface area contributed by atoms with Crippen LogP contribution in [0.1, 0.15) is 72.1 Å². The quantitative estimate of drug-likeness (QED) is 0.609. The van der Waals surface area contributed by atoms with Gasteiger partial charge in [0.25, 0.3) is 0 Å². The molecule has 0 aliphatic rings. The minimum atomic E-state index is -0.346. The minimum absolute atomic E-state index is 0.346. The lowest BCUT2D eigenvalue weighted by molar-refractivity contribution is 0.00961. The molecule has 1 heteroatoms. The molecule has 1 nitrogen and oxygen atoms in total. The molecule has 0 spiro atoms. The van der Waals surface area contributed by atoms with Crippen LogP contribution in [0.5, 0.6) is 0 Å². The Bertz CT molecular complexity index is 102. The number of hydrogen-bond acceptors (Lipinski definition) is 1. The predicted molar refractivity (Wildman–Crippen MR) is 58.9 cm³/mol. The van der Waals surface area contributed by atoms with E-state index in [4.69, 9.17) is 0 Å². The molecular formula is C12H26O. The Kier molecular flexibility index (Phi) is 7.35. The van der Waals surface area contributed by atoms with Crippen LogP contribution in [0, 0.1) is 0 Å². The van der Waals surface area contributed by atoms with Gasteiger partial charge < -0.3 is 5.11 Å². The second-order valence-corrected chi connectivity index (χ2v) is 4.18. The van der Waals surface area contributed by atoms with Gasteiger partial charge in [0.05, 0.1) is 5.60 Å². The first-order valence-corrected chi connectivity index (χ1v) is 5.91. The highest BCUT2D eigenvalue weighted by Gasteiger charge is 2.23. The average Bonchev–Trinajstić information content (AvgIpc) is 2.12. The van der Waals surface area contributed by atoms with E-state index in [1.807, 2.05) is 0 Å². The number of rotatable bonds is 8. The van der Waals surface area contributed by atoms with Gasteiger partial charge in [0.15, 0.2) is 0 Å². The maximum atomic E-state index is 10.3. The third kappa shape index (κ3) is 6.09. The molecule has 0 saturated heterocycles. The number of unbranched alkanes of at least 4 members (excludes halogenated alkanes) is 2. The molecule has 0 amide bonds. The molecule has 0 fully saturated rings. The van der Waals surface area contributed by atoms with Crippen molar-refractivity contribution in [3.63, 3.8) is 0 Å². The van der Waals surface area contributed by atoms with Crippen molar-refractivity contribution in [3.05, 3.63) is 0 Å². The van der Waals surface area contributed by atoms with Gasteiger partial charge in [-0.2, -0.15) is 0 Å². The molecule has 1 N–H and O–H groups in total. The Morgan fingerprint density at radius 2 is 1.23 bits per heavy atom. The summed E-state index contributed by atoms with van der Waals surface area (Å²) in [7, 11) is 0. The Hall–Kier alpha value is -0.0400. The molecule has 0 aromatic carbocycles. The van der Waals surface area contributed by atoms with Crippen LogP contribution in [0.25, 0.3) is 0 Å². The van der Waals surface area contributed by atoms with Crippen LogP contribution in [0.3, 0.4) is 0 Å². The fourth-order valence-electron chi connectivity index (χ4n) is 1.85. The summed E-state index contributed by atoms with van der Waals surface area (Å²) < 4.78 is 0. The van der Waals surface area contributed by atoms with Gasteiger partial charge in [0.1, 0.15) is 0 Å². The summed E-state index contributed by atoms with van der Waals surface area (Å²) in [5.41, 5.74) is -0.346. The van der Waals surface area contributed by atoms with Gasteiger partial charge in [-0.25, -0.2) is 0 Å². The highest BCUT2D eigenvalue weighted by atomic mass is 16.3. The normalized spacial score (nSPS) is 12.0. The van der Waals surface area contributed by atoms with Gasteiger partial charge >= 0.3 is 0 Å². The molecule has 0 bridgehead atoms. The molecule has 0 aromatic rings. The first kappa shape index (κ1) is 13.0. The molecular weight excluding hydrogens is 160 g/mol. The van der Waals surface area contributed by atoms with Crippen molar-refractivity contribution in [1.29, 1.82) is 0 Å². The maximum Gasteiger partial charge on any atom is 0.0647 e. The van der Waals surface area contributed by atoms with E-state index >= 15 is 0 Å². The summed E-state index contributed by atoms with van der Waals surface area (Å²) in [5, 5.41) is 10.3. The van der Waals surface area contributed by atoms with Crippen LogP contribution in [0.4, 0.5) is 0 Å². The Labute approximate surface area is 83.5 Å². The lowest BCUT2D eigenvalue weighted by atomic mass is 9.87. The summed E-state index contributed by atoms with van der Waals surface area (Å²) in [5.74, 6) is 0. The van der Waals surface area contributed by atoms with Gasteiger partial charge in [-0.3, -0.25) is 0 Å². The molecule has 0 radical (unpaired) electrons. The van der Waals surface area contributed by atoms with Crippen LogP contribution in [-0.2, 0) is 0 Å². The monoisotopic (exact) mass is 186 g/mol. The third-order valence-electron chi connectivity index (χ3n) is 2.71. The van der Waals surface area contributed by atoms with Crippen LogP contribution >= 0.6 is 0 Å². The van der Waals surface area contributed by atoms with E-state index in [-0.39, 0.29) is 5.60 Å². The minimum Gasteiger partial charge on any atom is -0.390 e. The van der Waals surface area contributed by atoms with Crippen LogP contribution in [0.15, 0.2) is 0 Å². The zero-order chi connectivity index (χ0) is 10.2. The highest BCUT2D eigenvalue weighted by Crippen LogP contribution is 2.26. The Morgan fingerprint density at radius 3 is 1.54 bits per heavy atom. The summed E-state index contributed by atoms with van der Waals surface area (Å²) in [4.78, 5) is 0. The number of hydrogen-bond donors (Lipinski definition) is 1. The zero-order valence-electron chi connectivity index (χ0n) is 9.60. The van der Waals surface area contributed by atoms with E-state index in [0.29, 0.717) is 0 Å². The van der Waals surface area contributed by atoms with Gasteiger partial charge in [-0.15, -0.1) is 0 Å². The SMILES string of the molecule is CCCCC(O)(CCC)CCCC. The topological polar surface area (TPSA) is 20.2 Å². The van der Waals surface area contributed by atoms with Crippen molar-refractivity contribution in [3.8, 4) is 0 Å². The standard InChI is InChI=1S/C12H26O/c1-4-7-10-12(13,9-6-3)11-8-5-2/h13H,4-11H2,1-3H3. The summed E-state index contributed by atoms with van der Waals surface area (Å²) >= 11 is 0. The lowest BCUT2D eigenvalue weighted by Gasteiger charge is -2.27. The molecule has 80 valence electrons. The second-order valence-electron chi connectivity index (χ2n) is 4.18. The molecule has 13 heavy (non-hydrogen) atoms. The first-order chi connectivity index (χ1) is 6.18. The van der Waals surface area contributed by atoms with Crippen molar-refractivity contribution in [2.75, 3.05) is 0 Å². The maximum absolute atomic E-state index is 10.3. The Morgan fingerprint density at radius 1 is 0.769 bits per heavy atom. The molecule has 0 heterocycles. The van der Waals surface area contributed by atoms with Crippen LogP contribution in [-0.4, -0.2) is 10.7 Å². The van der Waals surface area contributed by atoms with Gasteiger partial charge in [-0.1, -0.05) is 52.9 Å². The molecule has 0 aliphatic heterocycles. The van der Waals surface area contributed by atoms with Crippen molar-refractivity contribution in [1.82, 2.24) is 0 Å². The summed E-state index contributed by atoms with van der Waals surface area (Å²) in [6.07, 6.45) is 8.79. The zero-order valence-corrected chi connectivity index (χ0v) is 9.60. The highest BCUT2D eigenvalue weighted by molar-refractivity contribution is 4.77. The largest absolute Gasteiger partial charge is 0.390 e. The van der Waals surface area contributed by atoms with E-state index in [9.17, 15) is 5.11 Å². The average molecular weight is 186 g/mol. The summed E-state index contributed by atoms with van der Waals surface area (Å²) in [6.45, 7) is 6.53. The van der Waals surface area contributed by atoms with Crippen molar-refractivity contribution in [2.45, 2.75) is 77.7 Å². The van der Waals surface area contributed by atoms with Crippen molar-refractivity contribution in [2.24, 2.45) is 0 Å². The summed E-state index contributed by atoms with van der Waals surface area (Å²) in [6, 6.07) is 0. The number of aliphatic hydroxyl groups is 1. The fraction of sp³-hybridized carbons (Fsp3) is 1.00. The van der Waals surface area contributed by atoms with Crippen LogP contribution in [0.2, 0.25) is 0 Å². The van der Waals surface area contributed by atoms with Gasteiger partial charge in [0.2, 0.25) is 0 Å². The third-order valence-corrected chi connectivity index (χ3v) is 2.71. The molecule has 0 saturated carbocycles. The van der Waals surface area contributed by atoms with E-state index in [0.717, 1.165) is 25.7 Å². The van der Waals surface area contributed by atoms with Crippen molar-refractivity contribution >= 4 is 0 Å².